The highest BCUT2D eigenvalue weighted by Gasteiger charge is 2.31. The summed E-state index contributed by atoms with van der Waals surface area (Å²) in [6.07, 6.45) is -2.30. The zero-order valence-corrected chi connectivity index (χ0v) is 4.60. The van der Waals surface area contributed by atoms with Crippen molar-refractivity contribution in [2.45, 2.75) is 19.0 Å². The molecule has 1 heterocycles. The van der Waals surface area contributed by atoms with Gasteiger partial charge in [0.1, 0.15) is 12.6 Å². The van der Waals surface area contributed by atoms with Crippen molar-refractivity contribution in [2.24, 2.45) is 0 Å². The minimum absolute atomic E-state index is 0.0307. The first-order valence-corrected chi connectivity index (χ1v) is 2.53. The van der Waals surface area contributed by atoms with Crippen LogP contribution in [0.15, 0.2) is 0 Å². The minimum Gasteiger partial charge on any atom is -0.401 e. The molecule has 5 nitrogen and oxygen atoms in total. The molecular weight excluding hydrogens is 127 g/mol. The third kappa shape index (κ3) is 1.92. The maximum atomic E-state index is 8.63. The van der Waals surface area contributed by atoms with E-state index >= 15 is 0 Å². The van der Waals surface area contributed by atoms with Gasteiger partial charge in [-0.3, -0.25) is 0 Å². The van der Waals surface area contributed by atoms with Crippen molar-refractivity contribution in [1.29, 1.82) is 0 Å². The van der Waals surface area contributed by atoms with Crippen molar-refractivity contribution >= 4 is 7.32 Å². The molecule has 0 aromatic rings. The second-order valence-electron chi connectivity index (χ2n) is 1.72. The lowest BCUT2D eigenvalue weighted by Crippen LogP contribution is -2.41. The van der Waals surface area contributed by atoms with E-state index in [1.807, 2.05) is 0 Å². The third-order valence-electron chi connectivity index (χ3n) is 0.950. The Morgan fingerprint density at radius 3 is 2.00 bits per heavy atom. The van der Waals surface area contributed by atoms with Gasteiger partial charge in [-0.05, 0) is 0 Å². The first-order valence-electron chi connectivity index (χ1n) is 2.53. The molecule has 2 unspecified atom stereocenters. The van der Waals surface area contributed by atoms with Gasteiger partial charge in [0.15, 0.2) is 0 Å². The van der Waals surface area contributed by atoms with Gasteiger partial charge in [-0.25, -0.2) is 0 Å². The van der Waals surface area contributed by atoms with E-state index in [-0.39, 0.29) is 6.42 Å². The predicted molar refractivity (Wildman–Crippen MR) is 26.8 cm³/mol. The highest BCUT2D eigenvalue weighted by molar-refractivity contribution is 6.34. The first-order chi connectivity index (χ1) is 4.18. The highest BCUT2D eigenvalue weighted by Crippen LogP contribution is 2.09. The maximum Gasteiger partial charge on any atom is 0.640 e. The van der Waals surface area contributed by atoms with Crippen LogP contribution in [0.4, 0.5) is 0 Å². The Hall–Kier alpha value is -0.135. The van der Waals surface area contributed by atoms with Crippen molar-refractivity contribution in [3.63, 3.8) is 0 Å². The van der Waals surface area contributed by atoms with Crippen molar-refractivity contribution in [2.75, 3.05) is 0 Å². The Morgan fingerprint density at radius 1 is 1.22 bits per heavy atom. The molecule has 1 fully saturated rings. The van der Waals surface area contributed by atoms with Crippen LogP contribution >= 0.6 is 0 Å². The monoisotopic (exact) mass is 134 g/mol. The zero-order chi connectivity index (χ0) is 6.85. The molecule has 0 saturated carbocycles. The molecular formula is C3H7BO5. The van der Waals surface area contributed by atoms with Crippen LogP contribution in [0, 0.1) is 0 Å². The van der Waals surface area contributed by atoms with Gasteiger partial charge in [-0.15, -0.1) is 0 Å². The summed E-state index contributed by atoms with van der Waals surface area (Å²) in [6, 6.07) is 0. The van der Waals surface area contributed by atoms with Crippen LogP contribution in [-0.4, -0.2) is 35.1 Å². The second-order valence-corrected chi connectivity index (χ2v) is 1.72. The largest absolute Gasteiger partial charge is 0.640 e. The van der Waals surface area contributed by atoms with Crippen LogP contribution in [0.1, 0.15) is 6.42 Å². The Bertz CT molecular complexity index is 73.2. The lowest BCUT2D eigenvalue weighted by Gasteiger charge is -2.24. The van der Waals surface area contributed by atoms with Crippen molar-refractivity contribution in [3.05, 3.63) is 0 Å². The molecule has 0 bridgehead atoms. The van der Waals surface area contributed by atoms with E-state index in [1.165, 1.54) is 0 Å². The first kappa shape index (κ1) is 6.98. The molecule has 2 atom stereocenters. The lowest BCUT2D eigenvalue weighted by atomic mass is 10.2. The van der Waals surface area contributed by atoms with E-state index in [9.17, 15) is 0 Å². The van der Waals surface area contributed by atoms with Crippen molar-refractivity contribution in [1.82, 2.24) is 0 Å². The molecule has 0 aromatic heterocycles. The van der Waals surface area contributed by atoms with Gasteiger partial charge in [0.25, 0.3) is 0 Å². The number of aliphatic hydroxyl groups excluding tert-OH is 2. The molecule has 52 valence electrons. The van der Waals surface area contributed by atoms with Gasteiger partial charge in [0.2, 0.25) is 0 Å². The average Bonchev–Trinajstić information content (AvgIpc) is 1.59. The van der Waals surface area contributed by atoms with Gasteiger partial charge in [0.05, 0.1) is 0 Å². The fraction of sp³-hybridized carbons (Fsp3) is 1.00. The SMILES string of the molecule is OB1OC(O)CC(O)O1. The van der Waals surface area contributed by atoms with Crippen LogP contribution in [0.2, 0.25) is 0 Å². The van der Waals surface area contributed by atoms with Gasteiger partial charge < -0.3 is 24.5 Å². The molecule has 0 aromatic carbocycles. The van der Waals surface area contributed by atoms with Crippen LogP contribution < -0.4 is 0 Å². The van der Waals surface area contributed by atoms with Crippen LogP contribution in [-0.2, 0) is 9.31 Å². The van der Waals surface area contributed by atoms with E-state index in [0.717, 1.165) is 0 Å². The molecule has 0 spiro atoms. The molecule has 1 aliphatic rings. The molecule has 0 aliphatic carbocycles. The van der Waals surface area contributed by atoms with E-state index < -0.39 is 19.9 Å². The standard InChI is InChI=1S/C3H7BO5/c5-2-1-3(6)9-4(7)8-2/h2-3,5-7H,1H2. The molecule has 6 heteroatoms. The normalized spacial score (nSPS) is 37.0. The van der Waals surface area contributed by atoms with E-state index in [1.54, 1.807) is 0 Å². The summed E-state index contributed by atoms with van der Waals surface area (Å²) in [5, 5.41) is 25.7. The van der Waals surface area contributed by atoms with Crippen molar-refractivity contribution in [3.8, 4) is 0 Å². The molecule has 0 amide bonds. The zero-order valence-electron chi connectivity index (χ0n) is 4.60. The molecule has 3 N–H and O–H groups in total. The summed E-state index contributed by atoms with van der Waals surface area (Å²) in [5.74, 6) is 0. The number of rotatable bonds is 0. The molecule has 0 radical (unpaired) electrons. The number of hydrogen-bond acceptors (Lipinski definition) is 5. The third-order valence-corrected chi connectivity index (χ3v) is 0.950. The van der Waals surface area contributed by atoms with Crippen LogP contribution in [0.5, 0.6) is 0 Å². The summed E-state index contributed by atoms with van der Waals surface area (Å²) in [6.45, 7) is 0. The van der Waals surface area contributed by atoms with Gasteiger partial charge in [-0.1, -0.05) is 0 Å². The molecule has 1 rings (SSSR count). The topological polar surface area (TPSA) is 79.2 Å². The lowest BCUT2D eigenvalue weighted by molar-refractivity contribution is -0.176. The summed E-state index contributed by atoms with van der Waals surface area (Å²) in [5.41, 5.74) is 0. The summed E-state index contributed by atoms with van der Waals surface area (Å²) < 4.78 is 8.57. The van der Waals surface area contributed by atoms with Crippen LogP contribution in [0.3, 0.4) is 0 Å². The smallest absolute Gasteiger partial charge is 0.401 e. The minimum atomic E-state index is -1.51. The predicted octanol–water partition coefficient (Wildman–Crippen LogP) is -1.96. The van der Waals surface area contributed by atoms with E-state index in [0.29, 0.717) is 0 Å². The summed E-state index contributed by atoms with van der Waals surface area (Å²) in [7, 11) is -1.51. The molecule has 9 heavy (non-hydrogen) atoms. The highest BCUT2D eigenvalue weighted by atomic mass is 16.8. The molecule has 1 saturated heterocycles. The number of aliphatic hydroxyl groups is 2. The summed E-state index contributed by atoms with van der Waals surface area (Å²) >= 11 is 0. The summed E-state index contributed by atoms with van der Waals surface area (Å²) in [4.78, 5) is 0. The van der Waals surface area contributed by atoms with Gasteiger partial charge in [0, 0.05) is 6.42 Å². The Labute approximate surface area is 52.0 Å². The average molecular weight is 134 g/mol. The van der Waals surface area contributed by atoms with Gasteiger partial charge >= 0.3 is 7.32 Å². The molecule has 1 aliphatic heterocycles. The van der Waals surface area contributed by atoms with E-state index in [2.05, 4.69) is 9.31 Å². The Morgan fingerprint density at radius 2 is 1.67 bits per heavy atom. The van der Waals surface area contributed by atoms with Crippen LogP contribution in [0.25, 0.3) is 0 Å². The fourth-order valence-corrected chi connectivity index (χ4v) is 0.584. The Balaban J connectivity index is 2.34. The second kappa shape index (κ2) is 2.63. The maximum absolute atomic E-state index is 8.63. The quantitative estimate of drug-likeness (QED) is 0.335. The van der Waals surface area contributed by atoms with E-state index in [4.69, 9.17) is 15.2 Å². The Kier molecular flexibility index (Phi) is 2.04. The number of hydrogen-bond donors (Lipinski definition) is 3. The van der Waals surface area contributed by atoms with Crippen molar-refractivity contribution < 1.29 is 24.5 Å². The van der Waals surface area contributed by atoms with Gasteiger partial charge in [-0.2, -0.15) is 0 Å². The fourth-order valence-electron chi connectivity index (χ4n) is 0.584.